The molecule has 0 aromatic heterocycles. The standard InChI is InChI=1S/C18H20N2O2S/c1-12-7-9-15(10-8-12)23-11-18(22)20-17-6-4-5-16(13(17)2)19-14(3)21/h4-10H,11H2,1-3H3,(H,19,21)(H,20,22). The van der Waals surface area contributed by atoms with Crippen LogP contribution in [-0.4, -0.2) is 17.6 Å². The number of rotatable bonds is 5. The van der Waals surface area contributed by atoms with Crippen LogP contribution in [0.5, 0.6) is 0 Å². The van der Waals surface area contributed by atoms with Gasteiger partial charge in [-0.2, -0.15) is 0 Å². The zero-order valence-corrected chi connectivity index (χ0v) is 14.3. The average molecular weight is 328 g/mol. The van der Waals surface area contributed by atoms with Gasteiger partial charge < -0.3 is 10.6 Å². The smallest absolute Gasteiger partial charge is 0.234 e. The quantitative estimate of drug-likeness (QED) is 0.816. The Kier molecular flexibility index (Phi) is 5.82. The highest BCUT2D eigenvalue weighted by Gasteiger charge is 2.09. The van der Waals surface area contributed by atoms with E-state index in [-0.39, 0.29) is 11.8 Å². The number of nitrogens with one attached hydrogen (secondary N) is 2. The number of amides is 2. The number of carbonyl (C=O) groups excluding carboxylic acids is 2. The van der Waals surface area contributed by atoms with Crippen molar-refractivity contribution < 1.29 is 9.59 Å². The van der Waals surface area contributed by atoms with E-state index in [0.717, 1.165) is 10.5 Å². The molecule has 0 bridgehead atoms. The summed E-state index contributed by atoms with van der Waals surface area (Å²) in [5.41, 5.74) is 3.47. The highest BCUT2D eigenvalue weighted by molar-refractivity contribution is 8.00. The summed E-state index contributed by atoms with van der Waals surface area (Å²) in [5, 5.41) is 5.65. The predicted octanol–water partition coefficient (Wildman–Crippen LogP) is 3.99. The first-order valence-electron chi connectivity index (χ1n) is 7.32. The highest BCUT2D eigenvalue weighted by Crippen LogP contribution is 2.24. The summed E-state index contributed by atoms with van der Waals surface area (Å²) in [6.45, 7) is 5.36. The number of thioether (sulfide) groups is 1. The van der Waals surface area contributed by atoms with Crippen LogP contribution in [0.4, 0.5) is 11.4 Å². The van der Waals surface area contributed by atoms with Crippen LogP contribution in [0.1, 0.15) is 18.1 Å². The molecule has 0 aliphatic heterocycles. The molecule has 2 aromatic carbocycles. The first kappa shape index (κ1) is 17.1. The fraction of sp³-hybridized carbons (Fsp3) is 0.222. The van der Waals surface area contributed by atoms with E-state index in [1.165, 1.54) is 24.2 Å². The van der Waals surface area contributed by atoms with Gasteiger partial charge in [-0.1, -0.05) is 23.8 Å². The molecule has 0 aliphatic rings. The summed E-state index contributed by atoms with van der Waals surface area (Å²) in [4.78, 5) is 24.4. The third-order valence-electron chi connectivity index (χ3n) is 3.31. The highest BCUT2D eigenvalue weighted by atomic mass is 32.2. The molecular formula is C18H20N2O2S. The van der Waals surface area contributed by atoms with Gasteiger partial charge in [0.2, 0.25) is 11.8 Å². The number of aryl methyl sites for hydroxylation is 1. The lowest BCUT2D eigenvalue weighted by Crippen LogP contribution is -2.16. The Morgan fingerprint density at radius 1 is 0.957 bits per heavy atom. The lowest BCUT2D eigenvalue weighted by molar-refractivity contribution is -0.114. The Hall–Kier alpha value is -2.27. The SMILES string of the molecule is CC(=O)Nc1cccc(NC(=O)CSc2ccc(C)cc2)c1C. The second-order valence-electron chi connectivity index (χ2n) is 5.31. The largest absolute Gasteiger partial charge is 0.326 e. The zero-order chi connectivity index (χ0) is 16.8. The van der Waals surface area contributed by atoms with E-state index in [1.54, 1.807) is 6.07 Å². The molecule has 0 fully saturated rings. The predicted molar refractivity (Wildman–Crippen MR) is 96.0 cm³/mol. The van der Waals surface area contributed by atoms with E-state index in [9.17, 15) is 9.59 Å². The molecule has 2 amide bonds. The van der Waals surface area contributed by atoms with Crippen molar-refractivity contribution in [3.05, 3.63) is 53.6 Å². The van der Waals surface area contributed by atoms with Gasteiger partial charge >= 0.3 is 0 Å². The van der Waals surface area contributed by atoms with Gasteiger partial charge in [0, 0.05) is 23.2 Å². The van der Waals surface area contributed by atoms with Crippen molar-refractivity contribution in [1.29, 1.82) is 0 Å². The summed E-state index contributed by atoms with van der Waals surface area (Å²) in [6.07, 6.45) is 0. The van der Waals surface area contributed by atoms with Crippen molar-refractivity contribution in [2.45, 2.75) is 25.7 Å². The minimum atomic E-state index is -0.133. The normalized spacial score (nSPS) is 10.2. The van der Waals surface area contributed by atoms with Crippen LogP contribution in [-0.2, 0) is 9.59 Å². The summed E-state index contributed by atoms with van der Waals surface area (Å²) in [6, 6.07) is 13.5. The minimum absolute atomic E-state index is 0.0707. The van der Waals surface area contributed by atoms with Crippen molar-refractivity contribution in [3.63, 3.8) is 0 Å². The summed E-state index contributed by atoms with van der Waals surface area (Å²) >= 11 is 1.50. The maximum atomic E-state index is 12.1. The van der Waals surface area contributed by atoms with Gasteiger partial charge in [-0.15, -0.1) is 11.8 Å². The van der Waals surface area contributed by atoms with Crippen molar-refractivity contribution in [2.24, 2.45) is 0 Å². The second kappa shape index (κ2) is 7.83. The Bertz CT molecular complexity index is 711. The Balaban J connectivity index is 1.97. The Morgan fingerprint density at radius 2 is 1.57 bits per heavy atom. The molecule has 0 spiro atoms. The van der Waals surface area contributed by atoms with E-state index in [0.29, 0.717) is 17.1 Å². The molecule has 0 aliphatic carbocycles. The van der Waals surface area contributed by atoms with Crippen molar-refractivity contribution in [3.8, 4) is 0 Å². The van der Waals surface area contributed by atoms with Gasteiger partial charge in [0.05, 0.1) is 5.75 Å². The van der Waals surface area contributed by atoms with E-state index in [1.807, 2.05) is 50.2 Å². The topological polar surface area (TPSA) is 58.2 Å². The molecule has 2 rings (SSSR count). The molecule has 2 N–H and O–H groups in total. The Labute approximate surface area is 140 Å². The monoisotopic (exact) mass is 328 g/mol. The van der Waals surface area contributed by atoms with Gasteiger partial charge in [0.25, 0.3) is 0 Å². The van der Waals surface area contributed by atoms with Gasteiger partial charge in [-0.3, -0.25) is 9.59 Å². The fourth-order valence-electron chi connectivity index (χ4n) is 2.07. The number of hydrogen-bond donors (Lipinski definition) is 2. The molecule has 0 heterocycles. The maximum Gasteiger partial charge on any atom is 0.234 e. The molecule has 23 heavy (non-hydrogen) atoms. The molecule has 0 unspecified atom stereocenters. The maximum absolute atomic E-state index is 12.1. The van der Waals surface area contributed by atoms with E-state index in [4.69, 9.17) is 0 Å². The third-order valence-corrected chi connectivity index (χ3v) is 4.32. The Morgan fingerprint density at radius 3 is 2.17 bits per heavy atom. The van der Waals surface area contributed by atoms with Crippen molar-refractivity contribution >= 4 is 35.0 Å². The van der Waals surface area contributed by atoms with Gasteiger partial charge in [-0.05, 0) is 43.7 Å². The number of anilines is 2. The molecule has 4 nitrogen and oxygen atoms in total. The van der Waals surface area contributed by atoms with Crippen LogP contribution < -0.4 is 10.6 Å². The average Bonchev–Trinajstić information content (AvgIpc) is 2.50. The van der Waals surface area contributed by atoms with E-state index >= 15 is 0 Å². The molecule has 0 saturated carbocycles. The van der Waals surface area contributed by atoms with E-state index in [2.05, 4.69) is 10.6 Å². The van der Waals surface area contributed by atoms with Crippen LogP contribution >= 0.6 is 11.8 Å². The van der Waals surface area contributed by atoms with E-state index < -0.39 is 0 Å². The summed E-state index contributed by atoms with van der Waals surface area (Å²) in [7, 11) is 0. The zero-order valence-electron chi connectivity index (χ0n) is 13.5. The van der Waals surface area contributed by atoms with Crippen LogP contribution in [0.25, 0.3) is 0 Å². The summed E-state index contributed by atoms with van der Waals surface area (Å²) < 4.78 is 0. The molecule has 0 atom stereocenters. The molecular weight excluding hydrogens is 308 g/mol. The van der Waals surface area contributed by atoms with Gasteiger partial charge in [0.1, 0.15) is 0 Å². The fourth-order valence-corrected chi connectivity index (χ4v) is 2.76. The third kappa shape index (κ3) is 5.14. The van der Waals surface area contributed by atoms with Crippen molar-refractivity contribution in [1.82, 2.24) is 0 Å². The molecule has 120 valence electrons. The number of hydrogen-bond acceptors (Lipinski definition) is 3. The van der Waals surface area contributed by atoms with Crippen LogP contribution in [0.2, 0.25) is 0 Å². The second-order valence-corrected chi connectivity index (χ2v) is 6.36. The first-order valence-corrected chi connectivity index (χ1v) is 8.31. The van der Waals surface area contributed by atoms with Crippen molar-refractivity contribution in [2.75, 3.05) is 16.4 Å². The first-order chi connectivity index (χ1) is 11.0. The van der Waals surface area contributed by atoms with Gasteiger partial charge in [0.15, 0.2) is 0 Å². The lowest BCUT2D eigenvalue weighted by Gasteiger charge is -2.12. The van der Waals surface area contributed by atoms with Gasteiger partial charge in [-0.25, -0.2) is 0 Å². The van der Waals surface area contributed by atoms with Crippen LogP contribution in [0.3, 0.4) is 0 Å². The molecule has 0 saturated heterocycles. The van der Waals surface area contributed by atoms with Crippen LogP contribution in [0, 0.1) is 13.8 Å². The molecule has 2 aromatic rings. The number of carbonyl (C=O) groups is 2. The molecule has 5 heteroatoms. The molecule has 0 radical (unpaired) electrons. The summed E-state index contributed by atoms with van der Waals surface area (Å²) in [5.74, 6) is 0.137. The lowest BCUT2D eigenvalue weighted by atomic mass is 10.1. The van der Waals surface area contributed by atoms with Crippen LogP contribution in [0.15, 0.2) is 47.4 Å². The number of benzene rings is 2. The minimum Gasteiger partial charge on any atom is -0.326 e.